The Morgan fingerprint density at radius 1 is 1.25 bits per heavy atom. The van der Waals surface area contributed by atoms with Crippen molar-refractivity contribution in [1.29, 1.82) is 0 Å². The van der Waals surface area contributed by atoms with Gasteiger partial charge in [0.2, 0.25) is 5.88 Å². The van der Waals surface area contributed by atoms with Crippen LogP contribution in [0.2, 0.25) is 5.02 Å². The minimum atomic E-state index is 0.425. The van der Waals surface area contributed by atoms with Crippen molar-refractivity contribution >= 4 is 11.6 Å². The van der Waals surface area contributed by atoms with E-state index in [2.05, 4.69) is 24.1 Å². The molecule has 0 saturated carbocycles. The van der Waals surface area contributed by atoms with Crippen molar-refractivity contribution in [2.45, 2.75) is 26.4 Å². The molecule has 0 amide bonds. The first-order valence-electron chi connectivity index (χ1n) is 6.62. The Balaban J connectivity index is 2.38. The lowest BCUT2D eigenvalue weighted by Gasteiger charge is -2.14. The number of hydrogen-bond donors (Lipinski definition) is 1. The maximum atomic E-state index is 6.11. The van der Waals surface area contributed by atoms with E-state index >= 15 is 0 Å². The third-order valence-electron chi connectivity index (χ3n) is 3.02. The second-order valence-electron chi connectivity index (χ2n) is 4.92. The van der Waals surface area contributed by atoms with Gasteiger partial charge in [-0.2, -0.15) is 0 Å². The molecule has 0 radical (unpaired) electrons. The van der Waals surface area contributed by atoms with Crippen molar-refractivity contribution in [2.75, 3.05) is 7.11 Å². The standard InChI is InChI=1S/C16H19ClN2O/c1-11(2)19-10-13-8-14(17)4-5-15(13)12-6-7-18-16(9-12)20-3/h4-9,11,19H,10H2,1-3H3. The zero-order valence-corrected chi connectivity index (χ0v) is 12.7. The summed E-state index contributed by atoms with van der Waals surface area (Å²) in [5.41, 5.74) is 3.39. The number of pyridine rings is 1. The fourth-order valence-corrected chi connectivity index (χ4v) is 2.19. The lowest BCUT2D eigenvalue weighted by Crippen LogP contribution is -2.22. The number of aromatic nitrogens is 1. The zero-order chi connectivity index (χ0) is 14.5. The Morgan fingerprint density at radius 3 is 2.75 bits per heavy atom. The van der Waals surface area contributed by atoms with Gasteiger partial charge in [-0.1, -0.05) is 31.5 Å². The number of nitrogens with zero attached hydrogens (tertiary/aromatic N) is 1. The molecule has 1 aromatic carbocycles. The van der Waals surface area contributed by atoms with Crippen molar-refractivity contribution < 1.29 is 4.74 Å². The summed E-state index contributed by atoms with van der Waals surface area (Å²) in [7, 11) is 1.62. The van der Waals surface area contributed by atoms with E-state index in [1.807, 2.05) is 30.3 Å². The molecule has 4 heteroatoms. The monoisotopic (exact) mass is 290 g/mol. The molecule has 2 rings (SSSR count). The third-order valence-corrected chi connectivity index (χ3v) is 3.26. The van der Waals surface area contributed by atoms with Crippen molar-refractivity contribution in [3.05, 3.63) is 47.1 Å². The van der Waals surface area contributed by atoms with E-state index in [-0.39, 0.29) is 0 Å². The SMILES string of the molecule is COc1cc(-c2ccc(Cl)cc2CNC(C)C)ccn1. The predicted molar refractivity (Wildman–Crippen MR) is 83.2 cm³/mol. The summed E-state index contributed by atoms with van der Waals surface area (Å²) < 4.78 is 5.19. The minimum absolute atomic E-state index is 0.425. The van der Waals surface area contributed by atoms with Crippen molar-refractivity contribution in [2.24, 2.45) is 0 Å². The summed E-state index contributed by atoms with van der Waals surface area (Å²) in [5.74, 6) is 0.611. The van der Waals surface area contributed by atoms with Crippen LogP contribution in [0.3, 0.4) is 0 Å². The quantitative estimate of drug-likeness (QED) is 0.906. The highest BCUT2D eigenvalue weighted by atomic mass is 35.5. The molecule has 1 N–H and O–H groups in total. The Hall–Kier alpha value is -1.58. The van der Waals surface area contributed by atoms with Crippen LogP contribution < -0.4 is 10.1 Å². The molecule has 0 bridgehead atoms. The number of benzene rings is 1. The van der Waals surface area contributed by atoms with Crippen molar-refractivity contribution in [3.63, 3.8) is 0 Å². The van der Waals surface area contributed by atoms with Gasteiger partial charge in [0.05, 0.1) is 7.11 Å². The van der Waals surface area contributed by atoms with Gasteiger partial charge < -0.3 is 10.1 Å². The molecule has 0 unspecified atom stereocenters. The van der Waals surface area contributed by atoms with Gasteiger partial charge in [-0.05, 0) is 34.9 Å². The highest BCUT2D eigenvalue weighted by molar-refractivity contribution is 6.30. The molecule has 0 saturated heterocycles. The summed E-state index contributed by atoms with van der Waals surface area (Å²) in [6, 6.07) is 10.3. The van der Waals surface area contributed by atoms with Crippen LogP contribution in [0.4, 0.5) is 0 Å². The van der Waals surface area contributed by atoms with Gasteiger partial charge in [0.25, 0.3) is 0 Å². The molecule has 0 spiro atoms. The van der Waals surface area contributed by atoms with E-state index in [9.17, 15) is 0 Å². The molecule has 2 aromatic rings. The Kier molecular flexibility index (Phi) is 4.99. The summed E-state index contributed by atoms with van der Waals surface area (Å²) in [4.78, 5) is 4.14. The van der Waals surface area contributed by atoms with Crippen molar-refractivity contribution in [1.82, 2.24) is 10.3 Å². The van der Waals surface area contributed by atoms with Crippen LogP contribution in [-0.4, -0.2) is 18.1 Å². The Bertz CT molecular complexity index is 584. The normalized spacial score (nSPS) is 10.8. The predicted octanol–water partition coefficient (Wildman–Crippen LogP) is 3.91. The first-order valence-corrected chi connectivity index (χ1v) is 7.00. The number of nitrogens with one attached hydrogen (secondary N) is 1. The third kappa shape index (κ3) is 3.71. The molecular weight excluding hydrogens is 272 g/mol. The highest BCUT2D eigenvalue weighted by Gasteiger charge is 2.08. The smallest absolute Gasteiger partial charge is 0.213 e. The van der Waals surface area contributed by atoms with Crippen LogP contribution in [0.5, 0.6) is 5.88 Å². The van der Waals surface area contributed by atoms with E-state index in [0.717, 1.165) is 22.7 Å². The molecule has 106 valence electrons. The number of halogens is 1. The topological polar surface area (TPSA) is 34.1 Å². The average Bonchev–Trinajstić information content (AvgIpc) is 2.45. The van der Waals surface area contributed by atoms with E-state index in [1.165, 1.54) is 5.56 Å². The zero-order valence-electron chi connectivity index (χ0n) is 12.0. The van der Waals surface area contributed by atoms with Crippen molar-refractivity contribution in [3.8, 4) is 17.0 Å². The van der Waals surface area contributed by atoms with Crippen LogP contribution in [0.15, 0.2) is 36.5 Å². The number of methoxy groups -OCH3 is 1. The fraction of sp³-hybridized carbons (Fsp3) is 0.312. The van der Waals surface area contributed by atoms with Gasteiger partial charge in [-0.3, -0.25) is 0 Å². The van der Waals surface area contributed by atoms with Gasteiger partial charge in [-0.25, -0.2) is 4.98 Å². The molecule has 1 heterocycles. The summed E-state index contributed by atoms with van der Waals surface area (Å²) in [6.45, 7) is 5.03. The summed E-state index contributed by atoms with van der Waals surface area (Å²) >= 11 is 6.11. The van der Waals surface area contributed by atoms with Gasteiger partial charge in [0.1, 0.15) is 0 Å². The average molecular weight is 291 g/mol. The van der Waals surface area contributed by atoms with Gasteiger partial charge >= 0.3 is 0 Å². The largest absolute Gasteiger partial charge is 0.481 e. The fourth-order valence-electron chi connectivity index (χ4n) is 1.99. The van der Waals surface area contributed by atoms with Crippen LogP contribution in [0, 0.1) is 0 Å². The number of ether oxygens (including phenoxy) is 1. The lowest BCUT2D eigenvalue weighted by atomic mass is 10.0. The van der Waals surface area contributed by atoms with Crippen LogP contribution in [0.1, 0.15) is 19.4 Å². The summed E-state index contributed by atoms with van der Waals surface area (Å²) in [5, 5.41) is 4.17. The van der Waals surface area contributed by atoms with Gasteiger partial charge in [0, 0.05) is 29.9 Å². The van der Waals surface area contributed by atoms with Crippen LogP contribution in [-0.2, 0) is 6.54 Å². The van der Waals surface area contributed by atoms with Gasteiger partial charge in [0.15, 0.2) is 0 Å². The van der Waals surface area contributed by atoms with Gasteiger partial charge in [-0.15, -0.1) is 0 Å². The molecule has 0 fully saturated rings. The molecule has 3 nitrogen and oxygen atoms in total. The van der Waals surface area contributed by atoms with Crippen LogP contribution >= 0.6 is 11.6 Å². The van der Waals surface area contributed by atoms with E-state index in [4.69, 9.17) is 16.3 Å². The second-order valence-corrected chi connectivity index (χ2v) is 5.36. The molecule has 0 atom stereocenters. The first kappa shape index (κ1) is 14.8. The Labute approximate surface area is 124 Å². The van der Waals surface area contributed by atoms with Crippen LogP contribution in [0.25, 0.3) is 11.1 Å². The first-order chi connectivity index (χ1) is 9.60. The van der Waals surface area contributed by atoms with E-state index in [1.54, 1.807) is 13.3 Å². The second kappa shape index (κ2) is 6.73. The maximum Gasteiger partial charge on any atom is 0.213 e. The number of rotatable bonds is 5. The number of hydrogen-bond acceptors (Lipinski definition) is 3. The maximum absolute atomic E-state index is 6.11. The molecule has 0 aliphatic carbocycles. The molecule has 0 aliphatic heterocycles. The summed E-state index contributed by atoms with van der Waals surface area (Å²) in [6.07, 6.45) is 1.75. The van der Waals surface area contributed by atoms with E-state index in [0.29, 0.717) is 11.9 Å². The Morgan fingerprint density at radius 2 is 2.05 bits per heavy atom. The minimum Gasteiger partial charge on any atom is -0.481 e. The lowest BCUT2D eigenvalue weighted by molar-refractivity contribution is 0.398. The molecule has 1 aromatic heterocycles. The van der Waals surface area contributed by atoms with E-state index < -0.39 is 0 Å². The molecular formula is C16H19ClN2O. The molecule has 0 aliphatic rings. The molecule has 20 heavy (non-hydrogen) atoms. The highest BCUT2D eigenvalue weighted by Crippen LogP contribution is 2.28.